The van der Waals surface area contributed by atoms with Gasteiger partial charge in [0.25, 0.3) is 11.5 Å². The minimum absolute atomic E-state index is 0.109. The van der Waals surface area contributed by atoms with Crippen molar-refractivity contribution in [3.8, 4) is 11.8 Å². The predicted molar refractivity (Wildman–Crippen MR) is 154 cm³/mol. The normalized spacial score (nSPS) is 12.1. The molecule has 1 atom stereocenters. The molecule has 208 valence electrons. The SMILES string of the molecule is Cc1nc2cnc3ccc(C#CCc4ccc(C(N)=O)c(=O)n4[C@@H](CN)c4ccc(F)c(F)c4)cc3c2n1C(C)C. The van der Waals surface area contributed by atoms with Crippen LogP contribution in [0, 0.1) is 30.4 Å². The van der Waals surface area contributed by atoms with E-state index in [9.17, 15) is 18.4 Å². The number of aryl methyl sites for hydroxylation is 1. The summed E-state index contributed by atoms with van der Waals surface area (Å²) in [7, 11) is 0. The van der Waals surface area contributed by atoms with E-state index < -0.39 is 29.1 Å². The first kappa shape index (κ1) is 27.7. The second kappa shape index (κ2) is 10.9. The van der Waals surface area contributed by atoms with E-state index in [4.69, 9.17) is 11.5 Å². The molecule has 4 N–H and O–H groups in total. The monoisotopic (exact) mass is 554 g/mol. The fourth-order valence-corrected chi connectivity index (χ4v) is 5.21. The minimum atomic E-state index is -1.07. The third-order valence-corrected chi connectivity index (χ3v) is 7.04. The number of carbonyl (C=O) groups excluding carboxylic acids is 1. The molecule has 3 heterocycles. The van der Waals surface area contributed by atoms with Gasteiger partial charge in [-0.1, -0.05) is 17.9 Å². The smallest absolute Gasteiger partial charge is 0.264 e. The standard InChI is InChI=1S/C31H28F2N6O2/c1-17(2)38-18(3)37-27-16-36-26-12-7-19(13-23(26)29(27)38)5-4-6-21-9-10-22(30(35)40)31(41)39(21)28(15-34)20-8-11-24(32)25(33)14-20/h7-14,16-17,28H,6,15,34H2,1-3H3,(H2,35,40)/t28-/m0/s1. The van der Waals surface area contributed by atoms with Gasteiger partial charge in [0, 0.05) is 35.7 Å². The van der Waals surface area contributed by atoms with Crippen LogP contribution in [0.5, 0.6) is 0 Å². The lowest BCUT2D eigenvalue weighted by Crippen LogP contribution is -2.37. The Hall–Kier alpha value is -4.88. The lowest BCUT2D eigenvalue weighted by atomic mass is 10.0. The second-order valence-corrected chi connectivity index (χ2v) is 10.0. The number of imidazole rings is 1. The fourth-order valence-electron chi connectivity index (χ4n) is 5.21. The molecule has 0 saturated carbocycles. The third-order valence-electron chi connectivity index (χ3n) is 7.04. The number of amides is 1. The van der Waals surface area contributed by atoms with E-state index in [1.807, 2.05) is 25.1 Å². The van der Waals surface area contributed by atoms with E-state index in [0.29, 0.717) is 5.69 Å². The van der Waals surface area contributed by atoms with Gasteiger partial charge in [0.05, 0.1) is 23.3 Å². The molecule has 0 bridgehead atoms. The van der Waals surface area contributed by atoms with Crippen molar-refractivity contribution in [2.45, 2.75) is 39.3 Å². The number of benzene rings is 2. The van der Waals surface area contributed by atoms with Crippen LogP contribution in [0.15, 0.2) is 59.5 Å². The number of pyridine rings is 2. The number of fused-ring (bicyclic) bond motifs is 3. The highest BCUT2D eigenvalue weighted by molar-refractivity contribution is 6.03. The zero-order chi connectivity index (χ0) is 29.4. The Bertz CT molecular complexity index is 1950. The van der Waals surface area contributed by atoms with E-state index in [1.54, 1.807) is 12.3 Å². The van der Waals surface area contributed by atoms with Crippen molar-refractivity contribution in [1.29, 1.82) is 0 Å². The number of primary amides is 1. The van der Waals surface area contributed by atoms with Crippen molar-refractivity contribution >= 4 is 27.8 Å². The Labute approximate surface area is 234 Å². The number of aromatic nitrogens is 4. The van der Waals surface area contributed by atoms with Gasteiger partial charge in [0.2, 0.25) is 0 Å². The topological polar surface area (TPSA) is 122 Å². The Morgan fingerprint density at radius 1 is 1.02 bits per heavy atom. The van der Waals surface area contributed by atoms with E-state index in [2.05, 4.69) is 40.2 Å². The molecular formula is C31H28F2N6O2. The average Bonchev–Trinajstić information content (AvgIpc) is 3.28. The van der Waals surface area contributed by atoms with E-state index in [0.717, 1.165) is 45.5 Å². The van der Waals surface area contributed by atoms with Crippen LogP contribution in [0.3, 0.4) is 0 Å². The molecule has 0 spiro atoms. The molecule has 5 aromatic rings. The van der Waals surface area contributed by atoms with Crippen LogP contribution in [0.2, 0.25) is 0 Å². The Morgan fingerprint density at radius 2 is 1.80 bits per heavy atom. The number of nitrogens with zero attached hydrogens (tertiary/aromatic N) is 4. The molecular weight excluding hydrogens is 526 g/mol. The summed E-state index contributed by atoms with van der Waals surface area (Å²) in [5.41, 5.74) is 14.5. The van der Waals surface area contributed by atoms with Gasteiger partial charge in [-0.2, -0.15) is 0 Å². The Balaban J connectivity index is 1.58. The van der Waals surface area contributed by atoms with E-state index >= 15 is 0 Å². The zero-order valence-electron chi connectivity index (χ0n) is 22.8. The highest BCUT2D eigenvalue weighted by Gasteiger charge is 2.21. The van der Waals surface area contributed by atoms with Crippen LogP contribution in [-0.4, -0.2) is 31.6 Å². The van der Waals surface area contributed by atoms with Gasteiger partial charge < -0.3 is 20.6 Å². The minimum Gasteiger partial charge on any atom is -0.365 e. The maximum Gasteiger partial charge on any atom is 0.264 e. The second-order valence-electron chi connectivity index (χ2n) is 10.0. The molecule has 3 aromatic heterocycles. The predicted octanol–water partition coefficient (Wildman–Crippen LogP) is 4.15. The molecule has 1 amide bonds. The van der Waals surface area contributed by atoms with Crippen LogP contribution in [0.1, 0.15) is 58.9 Å². The van der Waals surface area contributed by atoms with Crippen LogP contribution >= 0.6 is 0 Å². The maximum atomic E-state index is 14.1. The van der Waals surface area contributed by atoms with Gasteiger partial charge in [0.1, 0.15) is 16.9 Å². The number of carbonyl (C=O) groups is 1. The van der Waals surface area contributed by atoms with Gasteiger partial charge in [-0.05, 0) is 68.8 Å². The summed E-state index contributed by atoms with van der Waals surface area (Å²) in [5, 5.41) is 0.924. The number of hydrogen-bond donors (Lipinski definition) is 2. The largest absolute Gasteiger partial charge is 0.365 e. The van der Waals surface area contributed by atoms with Crippen molar-refractivity contribution in [3.63, 3.8) is 0 Å². The molecule has 0 radical (unpaired) electrons. The van der Waals surface area contributed by atoms with Crippen LogP contribution in [-0.2, 0) is 6.42 Å². The molecule has 5 rings (SSSR count). The molecule has 41 heavy (non-hydrogen) atoms. The van der Waals surface area contributed by atoms with Gasteiger partial charge >= 0.3 is 0 Å². The summed E-state index contributed by atoms with van der Waals surface area (Å²) in [5.74, 6) is 4.13. The number of nitrogens with two attached hydrogens (primary N) is 2. The quantitative estimate of drug-likeness (QED) is 0.306. The van der Waals surface area contributed by atoms with Crippen molar-refractivity contribution in [2.24, 2.45) is 11.5 Å². The Kier molecular flexibility index (Phi) is 7.39. The van der Waals surface area contributed by atoms with Crippen molar-refractivity contribution in [2.75, 3.05) is 6.54 Å². The first-order valence-corrected chi connectivity index (χ1v) is 13.1. The highest BCUT2D eigenvalue weighted by atomic mass is 19.2. The molecule has 2 aromatic carbocycles. The zero-order valence-corrected chi connectivity index (χ0v) is 22.8. The first-order chi connectivity index (χ1) is 19.6. The summed E-state index contributed by atoms with van der Waals surface area (Å²) < 4.78 is 31.1. The highest BCUT2D eigenvalue weighted by Crippen LogP contribution is 2.28. The van der Waals surface area contributed by atoms with E-state index in [1.165, 1.54) is 16.7 Å². The Morgan fingerprint density at radius 3 is 2.49 bits per heavy atom. The van der Waals surface area contributed by atoms with Gasteiger partial charge in [-0.3, -0.25) is 14.6 Å². The fraction of sp³-hybridized carbons (Fsp3) is 0.226. The summed E-state index contributed by atoms with van der Waals surface area (Å²) >= 11 is 0. The van der Waals surface area contributed by atoms with Crippen molar-refractivity contribution < 1.29 is 13.6 Å². The molecule has 0 saturated heterocycles. The van der Waals surface area contributed by atoms with Gasteiger partial charge in [0.15, 0.2) is 11.6 Å². The lowest BCUT2D eigenvalue weighted by Gasteiger charge is -2.22. The molecule has 0 unspecified atom stereocenters. The van der Waals surface area contributed by atoms with Crippen LogP contribution in [0.4, 0.5) is 8.78 Å². The summed E-state index contributed by atoms with van der Waals surface area (Å²) in [6.45, 7) is 6.04. The average molecular weight is 555 g/mol. The van der Waals surface area contributed by atoms with Crippen molar-refractivity contribution in [1.82, 2.24) is 19.1 Å². The van der Waals surface area contributed by atoms with Crippen LogP contribution < -0.4 is 17.0 Å². The molecule has 8 nitrogen and oxygen atoms in total. The molecule has 0 aliphatic rings. The molecule has 0 fully saturated rings. The van der Waals surface area contributed by atoms with Gasteiger partial charge in [-0.25, -0.2) is 13.8 Å². The first-order valence-electron chi connectivity index (χ1n) is 13.1. The van der Waals surface area contributed by atoms with Crippen molar-refractivity contribution in [3.05, 3.63) is 105 Å². The number of hydrogen-bond acceptors (Lipinski definition) is 5. The summed E-state index contributed by atoms with van der Waals surface area (Å²) in [4.78, 5) is 34.5. The molecule has 0 aliphatic carbocycles. The molecule has 0 aliphatic heterocycles. The number of halogens is 2. The van der Waals surface area contributed by atoms with E-state index in [-0.39, 0.29) is 30.1 Å². The van der Waals surface area contributed by atoms with Gasteiger partial charge in [-0.15, -0.1) is 0 Å². The number of rotatable bonds is 6. The van der Waals surface area contributed by atoms with Crippen LogP contribution in [0.25, 0.3) is 21.9 Å². The molecule has 10 heteroatoms. The summed E-state index contributed by atoms with van der Waals surface area (Å²) in [6.07, 6.45) is 1.88. The lowest BCUT2D eigenvalue weighted by molar-refractivity contribution is 0.0998. The third kappa shape index (κ3) is 5.08. The summed E-state index contributed by atoms with van der Waals surface area (Å²) in [6, 6.07) is 11.3. The maximum absolute atomic E-state index is 14.1.